The Bertz CT molecular complexity index is 309. The predicted molar refractivity (Wildman–Crippen MR) is 103 cm³/mol. The highest BCUT2D eigenvalue weighted by atomic mass is 16.1. The second-order valence-corrected chi connectivity index (χ2v) is 6.56. The fraction of sp³-hybridized carbons (Fsp3) is 0.762. The van der Waals surface area contributed by atoms with Crippen LogP contribution >= 0.6 is 0 Å². The number of nitrogens with two attached hydrogens (primary N) is 1. The number of Topliss-reactive ketones (excluding diaryl/α,β-unsaturated/α-hetero) is 1. The Balaban J connectivity index is 3.22. The van der Waals surface area contributed by atoms with Gasteiger partial charge in [0, 0.05) is 6.42 Å². The van der Waals surface area contributed by atoms with Crippen LogP contribution in [0.25, 0.3) is 0 Å². The summed E-state index contributed by atoms with van der Waals surface area (Å²) in [7, 11) is 0. The molecule has 0 saturated carbocycles. The summed E-state index contributed by atoms with van der Waals surface area (Å²) in [5.74, 6) is 0.123. The Hall–Kier alpha value is -0.890. The highest BCUT2D eigenvalue weighted by Crippen LogP contribution is 2.10. The van der Waals surface area contributed by atoms with Gasteiger partial charge in [0.15, 0.2) is 5.78 Å². The van der Waals surface area contributed by atoms with Gasteiger partial charge in [-0.2, -0.15) is 0 Å². The lowest BCUT2D eigenvalue weighted by Gasteiger charge is -2.04. The van der Waals surface area contributed by atoms with E-state index in [0.29, 0.717) is 6.42 Å². The molecule has 0 aliphatic heterocycles. The summed E-state index contributed by atoms with van der Waals surface area (Å²) in [4.78, 5) is 11.5. The van der Waals surface area contributed by atoms with Crippen LogP contribution in [0.4, 0.5) is 0 Å². The number of carbonyl (C=O) groups excluding carboxylic acids is 1. The van der Waals surface area contributed by atoms with Gasteiger partial charge >= 0.3 is 0 Å². The van der Waals surface area contributed by atoms with Crippen molar-refractivity contribution >= 4 is 5.78 Å². The maximum atomic E-state index is 11.5. The van der Waals surface area contributed by atoms with E-state index in [1.807, 2.05) is 0 Å². The maximum absolute atomic E-state index is 11.5. The van der Waals surface area contributed by atoms with E-state index in [9.17, 15) is 4.79 Å². The first-order valence-electron chi connectivity index (χ1n) is 9.78. The second-order valence-electron chi connectivity index (χ2n) is 6.56. The van der Waals surface area contributed by atoms with Crippen LogP contribution in [-0.4, -0.2) is 11.8 Å². The van der Waals surface area contributed by atoms with Crippen molar-refractivity contribution in [3.8, 4) is 0 Å². The van der Waals surface area contributed by atoms with Gasteiger partial charge < -0.3 is 5.73 Å². The molecule has 0 radical (unpaired) electrons. The Morgan fingerprint density at radius 3 is 1.87 bits per heavy atom. The lowest BCUT2D eigenvalue weighted by molar-refractivity contribution is -0.119. The molecule has 0 aromatic heterocycles. The van der Waals surface area contributed by atoms with Crippen molar-refractivity contribution in [3.63, 3.8) is 0 Å². The summed E-state index contributed by atoms with van der Waals surface area (Å²) in [6, 6.07) is -0.466. The van der Waals surface area contributed by atoms with E-state index in [-0.39, 0.29) is 5.78 Å². The topological polar surface area (TPSA) is 43.1 Å². The van der Waals surface area contributed by atoms with Gasteiger partial charge in [0.25, 0.3) is 0 Å². The third kappa shape index (κ3) is 15.8. The third-order valence-corrected chi connectivity index (χ3v) is 4.31. The van der Waals surface area contributed by atoms with Crippen LogP contribution in [0, 0.1) is 0 Å². The van der Waals surface area contributed by atoms with Gasteiger partial charge in [-0.3, -0.25) is 4.79 Å². The molecule has 0 rings (SSSR count). The molecule has 2 nitrogen and oxygen atoms in total. The van der Waals surface area contributed by atoms with Crippen LogP contribution in [0.15, 0.2) is 24.8 Å². The minimum Gasteiger partial charge on any atom is -0.318 e. The van der Waals surface area contributed by atoms with Crippen molar-refractivity contribution < 1.29 is 4.79 Å². The molecule has 2 heteroatoms. The zero-order valence-corrected chi connectivity index (χ0v) is 15.4. The Morgan fingerprint density at radius 1 is 0.870 bits per heavy atom. The van der Waals surface area contributed by atoms with Crippen molar-refractivity contribution in [2.45, 2.75) is 103 Å². The predicted octanol–water partition coefficient (Wildman–Crippen LogP) is 6.11. The molecular formula is C21H39NO. The van der Waals surface area contributed by atoms with Gasteiger partial charge in [-0.1, -0.05) is 76.5 Å². The van der Waals surface area contributed by atoms with Gasteiger partial charge in [0.2, 0.25) is 0 Å². The minimum absolute atomic E-state index is 0.123. The Morgan fingerprint density at radius 2 is 1.35 bits per heavy atom. The summed E-state index contributed by atoms with van der Waals surface area (Å²) in [6.45, 7) is 5.82. The standard InChI is InChI=1S/C21H39NO/c1-3-5-6-7-8-9-10-11-12-13-14-15-16-17-18-19-21(23)20(22)4-2/h4,11-12,20H,2-3,5-10,13-19,22H2,1H3. The van der Waals surface area contributed by atoms with Crippen LogP contribution < -0.4 is 5.73 Å². The van der Waals surface area contributed by atoms with E-state index >= 15 is 0 Å². The largest absolute Gasteiger partial charge is 0.318 e. The zero-order valence-electron chi connectivity index (χ0n) is 15.4. The first kappa shape index (κ1) is 22.1. The number of hydrogen-bond acceptors (Lipinski definition) is 2. The van der Waals surface area contributed by atoms with Crippen LogP contribution in [0.3, 0.4) is 0 Å². The summed E-state index contributed by atoms with van der Waals surface area (Å²) in [5.41, 5.74) is 5.60. The van der Waals surface area contributed by atoms with Crippen LogP contribution in [0.1, 0.15) is 96.8 Å². The van der Waals surface area contributed by atoms with Gasteiger partial charge in [0.1, 0.15) is 0 Å². The highest BCUT2D eigenvalue weighted by molar-refractivity contribution is 5.85. The lowest BCUT2D eigenvalue weighted by atomic mass is 10.0. The van der Waals surface area contributed by atoms with Crippen molar-refractivity contribution in [1.82, 2.24) is 0 Å². The number of carbonyl (C=O) groups is 1. The monoisotopic (exact) mass is 321 g/mol. The normalized spacial score (nSPS) is 12.6. The number of ketones is 1. The SMILES string of the molecule is C=CC(N)C(=O)CCCCCCCC=CCCCCCCCC. The van der Waals surface area contributed by atoms with E-state index in [1.54, 1.807) is 0 Å². The molecule has 0 spiro atoms. The number of unbranched alkanes of at least 4 members (excludes halogenated alkanes) is 11. The molecule has 0 saturated heterocycles. The summed E-state index contributed by atoms with van der Waals surface area (Å²) >= 11 is 0. The molecular weight excluding hydrogens is 282 g/mol. The molecule has 0 aliphatic rings. The van der Waals surface area contributed by atoms with Crippen molar-refractivity contribution in [1.29, 1.82) is 0 Å². The molecule has 134 valence electrons. The minimum atomic E-state index is -0.466. The van der Waals surface area contributed by atoms with E-state index < -0.39 is 6.04 Å². The maximum Gasteiger partial charge on any atom is 0.153 e. The number of allylic oxidation sites excluding steroid dienone is 2. The molecule has 0 aromatic rings. The average molecular weight is 322 g/mol. The first-order valence-corrected chi connectivity index (χ1v) is 9.78. The summed E-state index contributed by atoms with van der Waals surface area (Å²) in [6.07, 6.45) is 23.4. The van der Waals surface area contributed by atoms with Gasteiger partial charge in [-0.25, -0.2) is 0 Å². The van der Waals surface area contributed by atoms with Crippen molar-refractivity contribution in [2.75, 3.05) is 0 Å². The van der Waals surface area contributed by atoms with Gasteiger partial charge in [0.05, 0.1) is 6.04 Å². The van der Waals surface area contributed by atoms with Crippen LogP contribution in [0.2, 0.25) is 0 Å². The first-order chi connectivity index (χ1) is 11.2. The second kappa shape index (κ2) is 17.5. The lowest BCUT2D eigenvalue weighted by Crippen LogP contribution is -2.27. The average Bonchev–Trinajstić information content (AvgIpc) is 2.57. The van der Waals surface area contributed by atoms with Crippen molar-refractivity contribution in [2.24, 2.45) is 5.73 Å². The third-order valence-electron chi connectivity index (χ3n) is 4.31. The summed E-state index contributed by atoms with van der Waals surface area (Å²) < 4.78 is 0. The molecule has 2 N–H and O–H groups in total. The molecule has 0 bridgehead atoms. The highest BCUT2D eigenvalue weighted by Gasteiger charge is 2.07. The number of rotatable bonds is 17. The Labute approximate surface area is 144 Å². The zero-order chi connectivity index (χ0) is 17.2. The Kier molecular flexibility index (Phi) is 16.8. The molecule has 0 amide bonds. The van der Waals surface area contributed by atoms with E-state index in [0.717, 1.165) is 12.8 Å². The van der Waals surface area contributed by atoms with E-state index in [1.165, 1.54) is 76.7 Å². The van der Waals surface area contributed by atoms with Crippen LogP contribution in [0.5, 0.6) is 0 Å². The fourth-order valence-corrected chi connectivity index (χ4v) is 2.67. The molecule has 1 unspecified atom stereocenters. The summed E-state index contributed by atoms with van der Waals surface area (Å²) in [5, 5.41) is 0. The van der Waals surface area contributed by atoms with Gasteiger partial charge in [-0.15, -0.1) is 6.58 Å². The molecule has 0 fully saturated rings. The number of hydrogen-bond donors (Lipinski definition) is 1. The van der Waals surface area contributed by atoms with E-state index in [4.69, 9.17) is 5.73 Å². The molecule has 0 aliphatic carbocycles. The van der Waals surface area contributed by atoms with Crippen LogP contribution in [-0.2, 0) is 4.79 Å². The molecule has 0 aromatic carbocycles. The quantitative estimate of drug-likeness (QED) is 0.259. The molecule has 0 heterocycles. The molecule has 23 heavy (non-hydrogen) atoms. The fourth-order valence-electron chi connectivity index (χ4n) is 2.67. The molecule has 1 atom stereocenters. The van der Waals surface area contributed by atoms with Gasteiger partial charge in [-0.05, 0) is 32.1 Å². The smallest absolute Gasteiger partial charge is 0.153 e. The van der Waals surface area contributed by atoms with E-state index in [2.05, 4.69) is 25.7 Å². The van der Waals surface area contributed by atoms with Crippen molar-refractivity contribution in [3.05, 3.63) is 24.8 Å².